The van der Waals surface area contributed by atoms with E-state index in [2.05, 4.69) is 17.0 Å². The molecule has 0 bridgehead atoms. The minimum absolute atomic E-state index is 0.167. The molecule has 0 N–H and O–H groups in total. The lowest BCUT2D eigenvalue weighted by atomic mass is 9.84. The zero-order valence-corrected chi connectivity index (χ0v) is 16.1. The van der Waals surface area contributed by atoms with Gasteiger partial charge in [0.2, 0.25) is 0 Å². The monoisotopic (exact) mass is 369 g/mol. The average molecular weight is 370 g/mol. The third kappa shape index (κ3) is 2.57. The van der Waals surface area contributed by atoms with E-state index >= 15 is 0 Å². The van der Waals surface area contributed by atoms with Gasteiger partial charge in [-0.15, -0.1) is 0 Å². The van der Waals surface area contributed by atoms with E-state index in [1.807, 2.05) is 44.2 Å². The Labute approximate surface area is 159 Å². The second-order valence-electron chi connectivity index (χ2n) is 7.45. The fourth-order valence-electron chi connectivity index (χ4n) is 4.45. The number of carbonyl (C=O) groups is 1. The summed E-state index contributed by atoms with van der Waals surface area (Å²) in [5.74, 6) is -0.192. The van der Waals surface area contributed by atoms with Gasteiger partial charge in [-0.05, 0) is 74.2 Å². The van der Waals surface area contributed by atoms with E-state index in [1.165, 1.54) is 6.42 Å². The summed E-state index contributed by atoms with van der Waals surface area (Å²) in [6.07, 6.45) is 3.22. The number of hydrogen-bond acceptors (Lipinski definition) is 3. The number of fused-ring (bicyclic) bond motifs is 3. The normalized spacial score (nSPS) is 22.2. The lowest BCUT2D eigenvalue weighted by Gasteiger charge is -2.43. The van der Waals surface area contributed by atoms with Crippen LogP contribution in [0.3, 0.4) is 0 Å². The Morgan fingerprint density at radius 3 is 2.46 bits per heavy atom. The number of likely N-dealkylation sites (tertiary alicyclic amines) is 1. The molecular weight excluding hydrogens is 346 g/mol. The molecule has 0 spiro atoms. The van der Waals surface area contributed by atoms with Gasteiger partial charge in [-0.25, -0.2) is 4.79 Å². The zero-order valence-electron chi connectivity index (χ0n) is 15.3. The Bertz CT molecular complexity index is 842. The molecule has 1 aliphatic heterocycles. The fourth-order valence-corrected chi connectivity index (χ4v) is 4.62. The van der Waals surface area contributed by atoms with Gasteiger partial charge >= 0.3 is 5.97 Å². The van der Waals surface area contributed by atoms with Gasteiger partial charge in [-0.1, -0.05) is 48.4 Å². The average Bonchev–Trinajstić information content (AvgIpc) is 2.92. The summed E-state index contributed by atoms with van der Waals surface area (Å²) < 4.78 is 5.82. The van der Waals surface area contributed by atoms with Crippen LogP contribution >= 0.6 is 11.6 Å². The second kappa shape index (κ2) is 6.71. The molecule has 4 rings (SSSR count). The quantitative estimate of drug-likeness (QED) is 0.713. The Morgan fingerprint density at radius 2 is 1.73 bits per heavy atom. The first-order chi connectivity index (χ1) is 12.5. The lowest BCUT2D eigenvalue weighted by Crippen LogP contribution is -2.54. The van der Waals surface area contributed by atoms with Crippen molar-refractivity contribution in [2.24, 2.45) is 0 Å². The molecule has 3 nitrogen and oxygen atoms in total. The second-order valence-corrected chi connectivity index (χ2v) is 7.88. The molecule has 1 unspecified atom stereocenters. The van der Waals surface area contributed by atoms with Crippen LogP contribution in [0.1, 0.15) is 44.2 Å². The van der Waals surface area contributed by atoms with Gasteiger partial charge in [-0.3, -0.25) is 4.90 Å². The topological polar surface area (TPSA) is 29.5 Å². The highest BCUT2D eigenvalue weighted by atomic mass is 35.5. The maximum Gasteiger partial charge on any atom is 0.336 e. The maximum atomic E-state index is 13.6. The van der Waals surface area contributed by atoms with Crippen molar-refractivity contribution in [2.75, 3.05) is 13.1 Å². The smallest absolute Gasteiger partial charge is 0.336 e. The van der Waals surface area contributed by atoms with Crippen LogP contribution in [0.5, 0.6) is 0 Å². The minimum Gasteiger partial charge on any atom is -0.461 e. The Kier molecular flexibility index (Phi) is 4.54. The first-order valence-electron chi connectivity index (χ1n) is 9.41. The number of rotatable bonds is 3. The van der Waals surface area contributed by atoms with Gasteiger partial charge in [0.1, 0.15) is 0 Å². The third-order valence-corrected chi connectivity index (χ3v) is 5.68. The molecule has 1 fully saturated rings. The summed E-state index contributed by atoms with van der Waals surface area (Å²) in [6, 6.07) is 14.1. The Morgan fingerprint density at radius 1 is 1.04 bits per heavy atom. The van der Waals surface area contributed by atoms with Crippen LogP contribution in [0.4, 0.5) is 0 Å². The predicted molar refractivity (Wildman–Crippen MR) is 104 cm³/mol. The van der Waals surface area contributed by atoms with Crippen LogP contribution in [-0.2, 0) is 15.1 Å². The van der Waals surface area contributed by atoms with Gasteiger partial charge in [0.15, 0.2) is 5.54 Å². The van der Waals surface area contributed by atoms with E-state index in [9.17, 15) is 4.79 Å². The number of benzene rings is 2. The summed E-state index contributed by atoms with van der Waals surface area (Å²) in [5.41, 5.74) is 3.26. The van der Waals surface area contributed by atoms with E-state index in [1.54, 1.807) is 0 Å². The van der Waals surface area contributed by atoms with Crippen molar-refractivity contribution in [1.29, 1.82) is 0 Å². The largest absolute Gasteiger partial charge is 0.461 e. The Balaban J connectivity index is 2.00. The van der Waals surface area contributed by atoms with E-state index < -0.39 is 5.54 Å². The fraction of sp³-hybridized carbons (Fsp3) is 0.409. The molecule has 0 radical (unpaired) electrons. The van der Waals surface area contributed by atoms with Crippen molar-refractivity contribution in [3.63, 3.8) is 0 Å². The van der Waals surface area contributed by atoms with Crippen LogP contribution < -0.4 is 0 Å². The number of nitrogens with zero attached hydrogens (tertiary/aromatic N) is 1. The molecule has 1 saturated heterocycles. The molecular formula is C22H24ClNO2. The predicted octanol–water partition coefficient (Wildman–Crippen LogP) is 5.00. The molecule has 2 aromatic rings. The molecule has 1 aliphatic carbocycles. The molecule has 4 heteroatoms. The molecule has 0 aromatic heterocycles. The molecule has 1 atom stereocenters. The van der Waals surface area contributed by atoms with Crippen LogP contribution in [0.25, 0.3) is 11.1 Å². The highest BCUT2D eigenvalue weighted by Crippen LogP contribution is 2.52. The van der Waals surface area contributed by atoms with E-state index in [0.29, 0.717) is 5.02 Å². The van der Waals surface area contributed by atoms with Crippen molar-refractivity contribution >= 4 is 17.6 Å². The minimum atomic E-state index is -0.901. The Hall–Kier alpha value is -1.84. The van der Waals surface area contributed by atoms with Gasteiger partial charge < -0.3 is 4.74 Å². The van der Waals surface area contributed by atoms with Crippen LogP contribution in [-0.4, -0.2) is 30.1 Å². The maximum absolute atomic E-state index is 13.6. The zero-order chi connectivity index (χ0) is 18.3. The molecule has 136 valence electrons. The number of hydrogen-bond donors (Lipinski definition) is 0. The molecule has 2 aliphatic rings. The van der Waals surface area contributed by atoms with Crippen molar-refractivity contribution in [2.45, 2.75) is 44.8 Å². The van der Waals surface area contributed by atoms with Gasteiger partial charge in [0, 0.05) is 5.02 Å². The van der Waals surface area contributed by atoms with Crippen molar-refractivity contribution in [3.05, 3.63) is 58.6 Å². The van der Waals surface area contributed by atoms with Crippen molar-refractivity contribution in [1.82, 2.24) is 4.90 Å². The standard InChI is InChI=1S/C22H24ClNO2/c1-15(2)26-21(25)22(24-12-6-3-7-13-24)19-9-5-4-8-17(19)18-11-10-16(23)14-20(18)22/h4-5,8-11,14-15H,3,6-7,12-13H2,1-2H3. The molecule has 0 saturated carbocycles. The first-order valence-corrected chi connectivity index (χ1v) is 9.79. The summed E-state index contributed by atoms with van der Waals surface area (Å²) in [6.45, 7) is 5.57. The summed E-state index contributed by atoms with van der Waals surface area (Å²) in [4.78, 5) is 15.9. The van der Waals surface area contributed by atoms with Crippen molar-refractivity contribution in [3.8, 4) is 11.1 Å². The summed E-state index contributed by atoms with van der Waals surface area (Å²) in [5, 5.41) is 0.648. The molecule has 26 heavy (non-hydrogen) atoms. The van der Waals surface area contributed by atoms with E-state index in [0.717, 1.165) is 48.2 Å². The first kappa shape index (κ1) is 17.6. The number of halogens is 1. The summed E-state index contributed by atoms with van der Waals surface area (Å²) >= 11 is 6.37. The van der Waals surface area contributed by atoms with Crippen LogP contribution in [0.15, 0.2) is 42.5 Å². The van der Waals surface area contributed by atoms with E-state index in [-0.39, 0.29) is 12.1 Å². The summed E-state index contributed by atoms with van der Waals surface area (Å²) in [7, 11) is 0. The SMILES string of the molecule is CC(C)OC(=O)C1(N2CCCCC2)c2ccccc2-c2ccc(Cl)cc21. The van der Waals surface area contributed by atoms with Gasteiger partial charge in [-0.2, -0.15) is 0 Å². The molecule has 1 heterocycles. The number of piperidine rings is 1. The molecule has 2 aromatic carbocycles. The van der Waals surface area contributed by atoms with Gasteiger partial charge in [0.05, 0.1) is 6.10 Å². The van der Waals surface area contributed by atoms with E-state index in [4.69, 9.17) is 16.3 Å². The van der Waals surface area contributed by atoms with Crippen LogP contribution in [0.2, 0.25) is 5.02 Å². The highest BCUT2D eigenvalue weighted by Gasteiger charge is 2.55. The highest BCUT2D eigenvalue weighted by molar-refractivity contribution is 6.30. The number of carbonyl (C=O) groups excluding carboxylic acids is 1. The number of ether oxygens (including phenoxy) is 1. The van der Waals surface area contributed by atoms with Crippen molar-refractivity contribution < 1.29 is 9.53 Å². The van der Waals surface area contributed by atoms with Crippen LogP contribution in [0, 0.1) is 0 Å². The van der Waals surface area contributed by atoms with Gasteiger partial charge in [0.25, 0.3) is 0 Å². The lowest BCUT2D eigenvalue weighted by molar-refractivity contribution is -0.161. The molecule has 0 amide bonds. The number of esters is 1. The third-order valence-electron chi connectivity index (χ3n) is 5.45.